The van der Waals surface area contributed by atoms with E-state index in [0.717, 1.165) is 24.3 Å². The molecule has 29 heteroatoms. The van der Waals surface area contributed by atoms with Gasteiger partial charge < -0.3 is 20.6 Å². The highest BCUT2D eigenvalue weighted by molar-refractivity contribution is 7.95. The fourth-order valence-corrected chi connectivity index (χ4v) is 7.54. The van der Waals surface area contributed by atoms with E-state index in [1.165, 1.54) is 36.4 Å². The Morgan fingerprint density at radius 3 is 1.93 bits per heavy atom. The maximum absolute atomic E-state index is 12.5. The molecule has 1 unspecified atom stereocenters. The molecule has 0 amide bonds. The van der Waals surface area contributed by atoms with Crippen LogP contribution in [0.25, 0.3) is 0 Å². The maximum atomic E-state index is 12.5. The van der Waals surface area contributed by atoms with Crippen molar-refractivity contribution in [3.63, 3.8) is 0 Å². The summed E-state index contributed by atoms with van der Waals surface area (Å²) in [6.07, 6.45) is 3.77. The van der Waals surface area contributed by atoms with E-state index < -0.39 is 112 Å². The van der Waals surface area contributed by atoms with Crippen LogP contribution in [0.4, 0.5) is 34.1 Å². The van der Waals surface area contributed by atoms with Gasteiger partial charge in [0, 0.05) is 0 Å². The minimum atomic E-state index is -4.86. The Morgan fingerprint density at radius 1 is 0.741 bits per heavy atom. The summed E-state index contributed by atoms with van der Waals surface area (Å²) in [6, 6.07) is 8.20. The lowest BCUT2D eigenvalue weighted by molar-refractivity contribution is 0.0696. The monoisotopic (exact) mass is 888 g/mol. The second kappa shape index (κ2) is 18.5. The summed E-state index contributed by atoms with van der Waals surface area (Å²) in [7, 11) is -17.8. The number of rotatable bonds is 20. The van der Waals surface area contributed by atoms with Gasteiger partial charge in [0.15, 0.2) is 31.1 Å². The Bertz CT molecular complexity index is 2680. The molecule has 6 N–H and O–H groups in total. The first-order valence-corrected chi connectivity index (χ1v) is 21.5. The molecule has 58 heavy (non-hydrogen) atoms. The van der Waals surface area contributed by atoms with Gasteiger partial charge in [-0.25, -0.2) is 30.0 Å². The van der Waals surface area contributed by atoms with E-state index in [0.29, 0.717) is 6.07 Å². The molecule has 0 bridgehead atoms. The van der Waals surface area contributed by atoms with Crippen LogP contribution in [0.3, 0.4) is 0 Å². The Morgan fingerprint density at radius 2 is 1.33 bits per heavy atom. The topological polar surface area (TPSA) is 389 Å². The Labute approximate surface area is 327 Å². The maximum Gasteiger partial charge on any atom is 0.397 e. The molecule has 0 radical (unpaired) electrons. The summed E-state index contributed by atoms with van der Waals surface area (Å²) in [4.78, 5) is 22.3. The second-order valence-corrected chi connectivity index (χ2v) is 17.5. The van der Waals surface area contributed by atoms with E-state index in [-0.39, 0.29) is 32.6 Å². The van der Waals surface area contributed by atoms with E-state index in [4.69, 9.17) is 9.11 Å². The number of carbonyl (C=O) groups is 1. The summed E-state index contributed by atoms with van der Waals surface area (Å²) in [5, 5.41) is 59.8. The third-order valence-electron chi connectivity index (χ3n) is 7.12. The quantitative estimate of drug-likeness (QED) is 0.0516. The smallest absolute Gasteiger partial charge is 0.397 e. The predicted molar refractivity (Wildman–Crippen MR) is 199 cm³/mol. The number of allylic oxidation sites excluding steroid dienone is 1. The Kier molecular flexibility index (Phi) is 14.3. The lowest BCUT2D eigenvalue weighted by Gasteiger charge is -2.09. The number of anilines is 1. The van der Waals surface area contributed by atoms with Gasteiger partial charge in [0.25, 0.3) is 0 Å². The molecule has 310 valence electrons. The van der Waals surface area contributed by atoms with Gasteiger partial charge in [-0.05, 0) is 65.9 Å². The van der Waals surface area contributed by atoms with E-state index in [1.807, 2.05) is 0 Å². The lowest BCUT2D eigenvalue weighted by Crippen LogP contribution is -2.15. The number of carboxylic acid groups (broad SMARTS) is 1. The van der Waals surface area contributed by atoms with Gasteiger partial charge in [-0.1, -0.05) is 6.08 Å². The first-order valence-electron chi connectivity index (χ1n) is 15.5. The fourth-order valence-electron chi connectivity index (χ4n) is 4.48. The molecule has 3 aromatic rings. The number of nitroso groups, excluding NO2 is 1. The second-order valence-electron chi connectivity index (χ2n) is 11.1. The third-order valence-corrected chi connectivity index (χ3v) is 11.4. The molecule has 0 aliphatic heterocycles. The molecule has 0 saturated carbocycles. The normalized spacial score (nSPS) is 15.1. The number of carboxylic acids is 1. The number of benzene rings is 3. The van der Waals surface area contributed by atoms with Gasteiger partial charge >= 0.3 is 26.8 Å². The molecule has 0 spiro atoms. The molecule has 25 nitrogen and oxygen atoms in total. The lowest BCUT2D eigenvalue weighted by atomic mass is 10.1. The van der Waals surface area contributed by atoms with E-state index >= 15 is 0 Å². The van der Waals surface area contributed by atoms with Crippen LogP contribution in [0.15, 0.2) is 112 Å². The minimum Gasteiger partial charge on any atom is -0.505 e. The Hall–Kier alpha value is -5.95. The van der Waals surface area contributed by atoms with Gasteiger partial charge in [-0.2, -0.15) is 37.3 Å². The van der Waals surface area contributed by atoms with Crippen molar-refractivity contribution in [2.75, 3.05) is 36.7 Å². The van der Waals surface area contributed by atoms with Crippen molar-refractivity contribution in [1.29, 1.82) is 0 Å². The average molecular weight is 889 g/mol. The summed E-state index contributed by atoms with van der Waals surface area (Å²) in [5.74, 6) is -5.05. The molecule has 1 atom stereocenters. The van der Waals surface area contributed by atoms with Gasteiger partial charge in [-0.15, -0.1) is 15.1 Å². The summed E-state index contributed by atoms with van der Waals surface area (Å²) < 4.78 is 118. The Balaban J connectivity index is 1.56. The van der Waals surface area contributed by atoms with Crippen LogP contribution in [-0.4, -0.2) is 101 Å². The first-order chi connectivity index (χ1) is 27.1. The van der Waals surface area contributed by atoms with Crippen molar-refractivity contribution in [2.24, 2.45) is 35.9 Å². The van der Waals surface area contributed by atoms with E-state index in [2.05, 4.69) is 49.5 Å². The number of nitrogens with one attached hydrogen (secondary N) is 1. The van der Waals surface area contributed by atoms with E-state index in [1.54, 1.807) is 0 Å². The van der Waals surface area contributed by atoms with Crippen molar-refractivity contribution < 1.29 is 71.3 Å². The van der Waals surface area contributed by atoms with Crippen LogP contribution in [0.1, 0.15) is 10.4 Å². The molecule has 0 heterocycles. The van der Waals surface area contributed by atoms with Crippen LogP contribution in [0.2, 0.25) is 0 Å². The number of nitrogens with zero attached hydrogens (tertiary/aromatic N) is 7. The minimum absolute atomic E-state index is 0.0138. The summed E-state index contributed by atoms with van der Waals surface area (Å²) in [5.41, 5.74) is -1.92. The number of aromatic hydroxyl groups is 2. The molecule has 1 aliphatic carbocycles. The number of hydrogen-bond donors (Lipinski definition) is 6. The highest BCUT2D eigenvalue weighted by Gasteiger charge is 2.24. The van der Waals surface area contributed by atoms with Crippen LogP contribution in [0.5, 0.6) is 11.5 Å². The van der Waals surface area contributed by atoms with Gasteiger partial charge in [0.2, 0.25) is 0 Å². The zero-order chi connectivity index (χ0) is 42.9. The van der Waals surface area contributed by atoms with Crippen molar-refractivity contribution in [2.45, 2.75) is 10.9 Å². The van der Waals surface area contributed by atoms with Crippen molar-refractivity contribution in [3.05, 3.63) is 82.1 Å². The SMILES string of the molecule is O=NCNc1cc(N=Nc2c(C(=O)O)cc(O)c(N=Nc3ccc(S(=O)(=O)CCOS(=O)(=O)O)cc3)c2O)ccc1N=NC1C=CC(S(=O)(=O)CCOS(=O)(=O)O)=C1. The highest BCUT2D eigenvalue weighted by Crippen LogP contribution is 2.47. The van der Waals surface area contributed by atoms with Crippen LogP contribution >= 0.6 is 0 Å². The first kappa shape index (κ1) is 44.8. The number of azo groups is 3. The van der Waals surface area contributed by atoms with Gasteiger partial charge in [0.05, 0.1) is 57.1 Å². The van der Waals surface area contributed by atoms with Crippen molar-refractivity contribution in [1.82, 2.24) is 0 Å². The summed E-state index contributed by atoms with van der Waals surface area (Å²) >= 11 is 0. The van der Waals surface area contributed by atoms with Crippen LogP contribution in [0, 0.1) is 4.91 Å². The number of sulfone groups is 2. The van der Waals surface area contributed by atoms with Crippen molar-refractivity contribution in [3.8, 4) is 11.5 Å². The molecule has 3 aromatic carbocycles. The fraction of sp³-hybridized carbons (Fsp3) is 0.207. The summed E-state index contributed by atoms with van der Waals surface area (Å²) in [6.45, 7) is -2.17. The number of phenolic OH excluding ortho intramolecular Hbond substituents is 2. The molecule has 0 fully saturated rings. The zero-order valence-electron chi connectivity index (χ0n) is 28.9. The zero-order valence-corrected chi connectivity index (χ0v) is 32.1. The van der Waals surface area contributed by atoms with Crippen LogP contribution < -0.4 is 5.32 Å². The molecule has 0 aromatic heterocycles. The predicted octanol–water partition coefficient (Wildman–Crippen LogP) is 4.50. The highest BCUT2D eigenvalue weighted by atomic mass is 32.3. The third kappa shape index (κ3) is 12.8. The van der Waals surface area contributed by atoms with Crippen molar-refractivity contribution >= 4 is 80.6 Å². The van der Waals surface area contributed by atoms with Gasteiger partial charge in [0.1, 0.15) is 29.8 Å². The standard InChI is InChI=1S/C29H28N8O17S4/c38-25-15-22(29(40)41)26(28(39)27(25)37-32-17-1-5-20(6-2-17)55(43,44)11-9-53-57(47,48)49)36-34-19-4-8-23(24(14-19)30-16-31-42)35-33-18-3-7-21(13-18)56(45,46)12-10-54-58(50,51)52/h1-8,13-15,18,30,38-39H,9-12,16H2,(H,40,41)(H,47,48,49)(H,50,51,52). The number of phenols is 2. The molecule has 4 rings (SSSR count). The van der Waals surface area contributed by atoms with E-state index in [9.17, 15) is 58.7 Å². The van der Waals surface area contributed by atoms with Crippen LogP contribution in [-0.2, 0) is 48.8 Å². The number of hydrogen-bond acceptors (Lipinski definition) is 22. The largest absolute Gasteiger partial charge is 0.505 e. The van der Waals surface area contributed by atoms with Gasteiger partial charge in [-0.3, -0.25) is 9.11 Å². The molecular formula is C29H28N8O17S4. The number of aromatic carboxylic acids is 1. The molecule has 0 saturated heterocycles. The average Bonchev–Trinajstić information content (AvgIpc) is 3.62. The molecular weight excluding hydrogens is 861 g/mol. The molecule has 1 aliphatic rings.